The number of rotatable bonds is 1. The molecule has 1 aliphatic rings. The number of allylic oxidation sites excluding steroid dienone is 3. The zero-order chi connectivity index (χ0) is 10.5. The third-order valence-electron chi connectivity index (χ3n) is 1.99. The molecule has 0 atom stereocenters. The highest BCUT2D eigenvalue weighted by molar-refractivity contribution is 5.74. The van der Waals surface area contributed by atoms with Crippen LogP contribution in [0, 0.1) is 11.8 Å². The lowest BCUT2D eigenvalue weighted by atomic mass is 10.1. The fraction of sp³-hybridized carbons (Fsp3) is 0. The summed E-state index contributed by atoms with van der Waals surface area (Å²) in [7, 11) is 0. The van der Waals surface area contributed by atoms with E-state index in [2.05, 4.69) is 17.6 Å². The van der Waals surface area contributed by atoms with Gasteiger partial charge in [-0.15, -0.1) is 5.73 Å². The van der Waals surface area contributed by atoms with Crippen LogP contribution in [0.1, 0.15) is 15.9 Å². The number of hydrogen-bond donors (Lipinski definition) is 0. The molecule has 2 rings (SSSR count). The maximum atomic E-state index is 10.4. The van der Waals surface area contributed by atoms with E-state index in [4.69, 9.17) is 0 Å². The second-order valence-corrected chi connectivity index (χ2v) is 3.07. The van der Waals surface area contributed by atoms with Crippen molar-refractivity contribution in [1.82, 2.24) is 0 Å². The summed E-state index contributed by atoms with van der Waals surface area (Å²) in [5.74, 6) is 5.99. The smallest absolute Gasteiger partial charge is 0.150 e. The number of benzene rings is 1. The van der Waals surface area contributed by atoms with E-state index in [1.807, 2.05) is 30.4 Å². The molecule has 15 heavy (non-hydrogen) atoms. The summed E-state index contributed by atoms with van der Waals surface area (Å²) in [6.07, 6.45) is 6.47. The summed E-state index contributed by atoms with van der Waals surface area (Å²) in [6, 6.07) is 7.18. The van der Waals surface area contributed by atoms with Gasteiger partial charge in [0.1, 0.15) is 6.29 Å². The van der Waals surface area contributed by atoms with Crippen LogP contribution in [0.3, 0.4) is 0 Å². The number of hydrogen-bond acceptors (Lipinski definition) is 1. The Morgan fingerprint density at radius 1 is 1.13 bits per heavy atom. The predicted octanol–water partition coefficient (Wildman–Crippen LogP) is 2.50. The van der Waals surface area contributed by atoms with E-state index in [1.165, 1.54) is 0 Å². The molecule has 1 aromatic rings. The summed E-state index contributed by atoms with van der Waals surface area (Å²) in [5, 5.41) is 0. The first-order valence-electron chi connectivity index (χ1n) is 4.59. The van der Waals surface area contributed by atoms with Crippen molar-refractivity contribution >= 4 is 6.29 Å². The second kappa shape index (κ2) is 4.28. The molecular weight excluding hydrogens is 184 g/mol. The minimum absolute atomic E-state index is 0.667. The van der Waals surface area contributed by atoms with E-state index in [9.17, 15) is 4.79 Å². The Balaban J connectivity index is 2.20. The lowest BCUT2D eigenvalue weighted by molar-refractivity contribution is 0.112. The van der Waals surface area contributed by atoms with Gasteiger partial charge in [-0.1, -0.05) is 30.0 Å². The largest absolute Gasteiger partial charge is 0.298 e. The van der Waals surface area contributed by atoms with Crippen molar-refractivity contribution in [3.63, 3.8) is 0 Å². The van der Waals surface area contributed by atoms with E-state index in [0.29, 0.717) is 5.56 Å². The van der Waals surface area contributed by atoms with Crippen LogP contribution in [0.25, 0.3) is 0 Å². The molecule has 0 N–H and O–H groups in total. The summed E-state index contributed by atoms with van der Waals surface area (Å²) in [5.41, 5.74) is 5.45. The van der Waals surface area contributed by atoms with Gasteiger partial charge in [0.15, 0.2) is 0 Å². The molecule has 0 heterocycles. The predicted molar refractivity (Wildman–Crippen MR) is 59.4 cm³/mol. The molecule has 1 aliphatic carbocycles. The quantitative estimate of drug-likeness (QED) is 0.379. The van der Waals surface area contributed by atoms with Gasteiger partial charge in [0, 0.05) is 11.1 Å². The van der Waals surface area contributed by atoms with Gasteiger partial charge in [-0.3, -0.25) is 4.79 Å². The first kappa shape index (κ1) is 9.27. The third-order valence-corrected chi connectivity index (χ3v) is 1.99. The Hall–Kier alpha value is -2.29. The van der Waals surface area contributed by atoms with Crippen LogP contribution < -0.4 is 0 Å². The molecule has 0 amide bonds. The molecule has 0 bridgehead atoms. The molecule has 0 fully saturated rings. The second-order valence-electron chi connectivity index (χ2n) is 3.07. The van der Waals surface area contributed by atoms with E-state index in [1.54, 1.807) is 12.1 Å². The Bertz CT molecular complexity index is 527. The van der Waals surface area contributed by atoms with Crippen LogP contribution >= 0.6 is 0 Å². The van der Waals surface area contributed by atoms with Crippen molar-refractivity contribution in [3.05, 3.63) is 64.9 Å². The molecule has 0 radical (unpaired) electrons. The molecule has 0 spiro atoms. The van der Waals surface area contributed by atoms with Crippen LogP contribution in [0.2, 0.25) is 0 Å². The van der Waals surface area contributed by atoms with Crippen molar-refractivity contribution in [1.29, 1.82) is 0 Å². The van der Waals surface area contributed by atoms with Crippen molar-refractivity contribution < 1.29 is 4.79 Å². The monoisotopic (exact) mass is 192 g/mol. The highest BCUT2D eigenvalue weighted by Gasteiger charge is 1.90. The third kappa shape index (κ3) is 2.34. The molecular formula is C14H8O. The Morgan fingerprint density at radius 3 is 2.53 bits per heavy atom. The van der Waals surface area contributed by atoms with Gasteiger partial charge in [-0.05, 0) is 24.3 Å². The standard InChI is InChI=1S/C14H8O/c15-11-14-9-7-13(8-10-14)6-5-12-3-1-2-4-12/h1-3,7-11H. The van der Waals surface area contributed by atoms with Crippen LogP contribution in [0.15, 0.2) is 53.8 Å². The highest BCUT2D eigenvalue weighted by Crippen LogP contribution is 2.03. The van der Waals surface area contributed by atoms with Crippen molar-refractivity contribution in [2.24, 2.45) is 0 Å². The van der Waals surface area contributed by atoms with Gasteiger partial charge < -0.3 is 0 Å². The molecule has 1 heteroatoms. The normalized spacial score (nSPS) is 11.9. The summed E-state index contributed by atoms with van der Waals surface area (Å²) < 4.78 is 0. The van der Waals surface area contributed by atoms with Crippen molar-refractivity contribution in [3.8, 4) is 11.8 Å². The highest BCUT2D eigenvalue weighted by atomic mass is 16.1. The fourth-order valence-electron chi connectivity index (χ4n) is 1.19. The molecule has 0 unspecified atom stereocenters. The first-order chi connectivity index (χ1) is 7.38. The average molecular weight is 192 g/mol. The topological polar surface area (TPSA) is 17.1 Å². The lowest BCUT2D eigenvalue weighted by Gasteiger charge is -1.90. The average Bonchev–Trinajstić information content (AvgIpc) is 2.80. The van der Waals surface area contributed by atoms with Crippen molar-refractivity contribution in [2.75, 3.05) is 0 Å². The van der Waals surface area contributed by atoms with Gasteiger partial charge >= 0.3 is 0 Å². The number of carbonyl (C=O) groups excluding carboxylic acids is 1. The maximum Gasteiger partial charge on any atom is 0.150 e. The van der Waals surface area contributed by atoms with Crippen LogP contribution in [-0.4, -0.2) is 6.29 Å². The summed E-state index contributed by atoms with van der Waals surface area (Å²) >= 11 is 0. The van der Waals surface area contributed by atoms with Crippen LogP contribution in [0.5, 0.6) is 0 Å². The molecule has 0 saturated heterocycles. The minimum Gasteiger partial charge on any atom is -0.298 e. The molecule has 0 saturated carbocycles. The maximum absolute atomic E-state index is 10.4. The van der Waals surface area contributed by atoms with Gasteiger partial charge in [0.05, 0.1) is 5.57 Å². The Morgan fingerprint density at radius 2 is 1.93 bits per heavy atom. The molecule has 0 aliphatic heterocycles. The SMILES string of the molecule is O=Cc1ccc(C#CC2=C=CC=C2)cc1. The molecule has 70 valence electrons. The van der Waals surface area contributed by atoms with Crippen LogP contribution in [0.4, 0.5) is 0 Å². The van der Waals surface area contributed by atoms with E-state index in [0.717, 1.165) is 17.4 Å². The first-order valence-corrected chi connectivity index (χ1v) is 4.59. The molecule has 1 aromatic carbocycles. The number of aldehydes is 1. The summed E-state index contributed by atoms with van der Waals surface area (Å²) in [4.78, 5) is 10.4. The zero-order valence-corrected chi connectivity index (χ0v) is 8.03. The Labute approximate surface area is 88.4 Å². The van der Waals surface area contributed by atoms with Gasteiger partial charge in [0.25, 0.3) is 0 Å². The van der Waals surface area contributed by atoms with Gasteiger partial charge in [-0.25, -0.2) is 0 Å². The van der Waals surface area contributed by atoms with Gasteiger partial charge in [0.2, 0.25) is 0 Å². The molecule has 1 nitrogen and oxygen atoms in total. The van der Waals surface area contributed by atoms with Crippen molar-refractivity contribution in [2.45, 2.75) is 0 Å². The minimum atomic E-state index is 0.667. The van der Waals surface area contributed by atoms with Crippen LogP contribution in [-0.2, 0) is 0 Å². The van der Waals surface area contributed by atoms with E-state index < -0.39 is 0 Å². The molecule has 0 aromatic heterocycles. The van der Waals surface area contributed by atoms with E-state index in [-0.39, 0.29) is 0 Å². The fourth-order valence-corrected chi connectivity index (χ4v) is 1.19. The zero-order valence-electron chi connectivity index (χ0n) is 8.03. The Kier molecular flexibility index (Phi) is 2.65. The lowest BCUT2D eigenvalue weighted by Crippen LogP contribution is -1.79. The van der Waals surface area contributed by atoms with E-state index >= 15 is 0 Å². The van der Waals surface area contributed by atoms with Gasteiger partial charge in [-0.2, -0.15) is 0 Å². The summed E-state index contributed by atoms with van der Waals surface area (Å²) in [6.45, 7) is 0. The number of carbonyl (C=O) groups is 1.